The van der Waals surface area contributed by atoms with Crippen LogP contribution < -0.4 is 9.46 Å². The van der Waals surface area contributed by atoms with Crippen molar-refractivity contribution in [3.8, 4) is 5.75 Å². The Morgan fingerprint density at radius 3 is 2.64 bits per heavy atom. The van der Waals surface area contributed by atoms with Gasteiger partial charge in [0.05, 0.1) is 12.2 Å². The second kappa shape index (κ2) is 5.85. The molecule has 0 radical (unpaired) electrons. The fraction of sp³-hybridized carbons (Fsp3) is 0.500. The summed E-state index contributed by atoms with van der Waals surface area (Å²) in [6.07, 6.45) is 0.683. The first-order valence-corrected chi connectivity index (χ1v) is 9.73. The van der Waals surface area contributed by atoms with Gasteiger partial charge in [0.2, 0.25) is 10.0 Å². The first kappa shape index (κ1) is 17.9. The predicted octanol–water partition coefficient (Wildman–Crippen LogP) is 3.16. The van der Waals surface area contributed by atoms with Crippen molar-refractivity contribution >= 4 is 10.0 Å². The van der Waals surface area contributed by atoms with E-state index in [2.05, 4.69) is 9.88 Å². The summed E-state index contributed by atoms with van der Waals surface area (Å²) in [6, 6.07) is 6.97. The van der Waals surface area contributed by atoms with E-state index in [0.717, 1.165) is 11.3 Å². The van der Waals surface area contributed by atoms with E-state index in [4.69, 9.17) is 9.26 Å². The van der Waals surface area contributed by atoms with E-state index < -0.39 is 15.6 Å². The minimum atomic E-state index is -3.72. The molecule has 1 aromatic carbocycles. The molecule has 0 unspecified atom stereocenters. The number of ether oxygens (including phenoxy) is 1. The topological polar surface area (TPSA) is 81.4 Å². The quantitative estimate of drug-likeness (QED) is 0.901. The lowest BCUT2D eigenvalue weighted by Gasteiger charge is -2.18. The molecular weight excluding hydrogens is 340 g/mol. The van der Waals surface area contributed by atoms with Crippen LogP contribution in [0.4, 0.5) is 0 Å². The highest BCUT2D eigenvalue weighted by Gasteiger charge is 2.34. The fourth-order valence-corrected chi connectivity index (χ4v) is 3.95. The van der Waals surface area contributed by atoms with Gasteiger partial charge in [-0.15, -0.1) is 0 Å². The molecule has 3 rings (SSSR count). The first-order valence-electron chi connectivity index (χ1n) is 8.25. The Hall–Kier alpha value is -1.86. The molecule has 7 heteroatoms. The fourth-order valence-electron chi connectivity index (χ4n) is 2.79. The Kier molecular flexibility index (Phi) is 4.20. The van der Waals surface area contributed by atoms with Gasteiger partial charge in [0.25, 0.3) is 0 Å². The van der Waals surface area contributed by atoms with Gasteiger partial charge in [-0.2, -0.15) is 0 Å². The lowest BCUT2D eigenvalue weighted by atomic mass is 9.92. The van der Waals surface area contributed by atoms with Crippen LogP contribution >= 0.6 is 0 Å². The van der Waals surface area contributed by atoms with Crippen LogP contribution in [0.2, 0.25) is 0 Å². The molecule has 6 nitrogen and oxygen atoms in total. The van der Waals surface area contributed by atoms with Crippen molar-refractivity contribution < 1.29 is 17.7 Å². The highest BCUT2D eigenvalue weighted by atomic mass is 32.2. The molecule has 0 saturated carbocycles. The van der Waals surface area contributed by atoms with Gasteiger partial charge in [0, 0.05) is 17.9 Å². The van der Waals surface area contributed by atoms with Crippen molar-refractivity contribution in [2.45, 2.75) is 63.5 Å². The van der Waals surface area contributed by atoms with Gasteiger partial charge in [-0.3, -0.25) is 0 Å². The highest BCUT2D eigenvalue weighted by Crippen LogP contribution is 2.39. The summed E-state index contributed by atoms with van der Waals surface area (Å²) in [5.74, 6) is 0.912. The Balaban J connectivity index is 1.80. The van der Waals surface area contributed by atoms with Gasteiger partial charge < -0.3 is 9.26 Å². The summed E-state index contributed by atoms with van der Waals surface area (Å²) in [7, 11) is -3.72. The normalized spacial score (nSPS) is 16.5. The third kappa shape index (κ3) is 3.72. The van der Waals surface area contributed by atoms with Crippen molar-refractivity contribution in [1.29, 1.82) is 0 Å². The molecule has 0 atom stereocenters. The maximum absolute atomic E-state index is 12.7. The second-order valence-corrected chi connectivity index (χ2v) is 9.77. The monoisotopic (exact) mass is 364 g/mol. The molecule has 25 heavy (non-hydrogen) atoms. The van der Waals surface area contributed by atoms with Crippen LogP contribution in [-0.2, 0) is 28.4 Å². The number of benzene rings is 1. The third-order valence-electron chi connectivity index (χ3n) is 4.11. The van der Waals surface area contributed by atoms with Gasteiger partial charge in [0.1, 0.15) is 16.2 Å². The maximum Gasteiger partial charge on any atom is 0.244 e. The number of para-hydroxylation sites is 1. The Labute approximate surface area is 148 Å². The van der Waals surface area contributed by atoms with Crippen LogP contribution in [0.1, 0.15) is 51.6 Å². The Morgan fingerprint density at radius 2 is 2.00 bits per heavy atom. The first-order chi connectivity index (χ1) is 11.5. The molecule has 0 bridgehead atoms. The number of rotatable bonds is 4. The molecule has 0 fully saturated rings. The van der Waals surface area contributed by atoms with Crippen molar-refractivity contribution in [2.24, 2.45) is 0 Å². The van der Waals surface area contributed by atoms with Crippen LogP contribution in [0.3, 0.4) is 0 Å². The summed E-state index contributed by atoms with van der Waals surface area (Å²) in [5.41, 5.74) is 1.13. The van der Waals surface area contributed by atoms with Crippen LogP contribution in [0.25, 0.3) is 0 Å². The van der Waals surface area contributed by atoms with E-state index in [9.17, 15) is 8.42 Å². The molecule has 1 aromatic heterocycles. The molecule has 1 aliphatic heterocycles. The largest absolute Gasteiger partial charge is 0.486 e. The number of nitrogens with one attached hydrogen (secondary N) is 1. The van der Waals surface area contributed by atoms with Gasteiger partial charge >= 0.3 is 0 Å². The molecule has 0 amide bonds. The Morgan fingerprint density at radius 1 is 1.28 bits per heavy atom. The van der Waals surface area contributed by atoms with Crippen molar-refractivity contribution in [3.05, 3.63) is 41.3 Å². The number of aromatic nitrogens is 1. The van der Waals surface area contributed by atoms with Crippen LogP contribution in [-0.4, -0.2) is 19.2 Å². The number of nitrogens with zero attached hydrogens (tertiary/aromatic N) is 1. The van der Waals surface area contributed by atoms with Gasteiger partial charge in [-0.25, -0.2) is 13.1 Å². The SMILES string of the molecule is CC1(C)Cc2cccc(S(=O)(=O)NCc3cc(C(C)(C)C)no3)c2O1. The van der Waals surface area contributed by atoms with E-state index in [-0.39, 0.29) is 16.9 Å². The van der Waals surface area contributed by atoms with Crippen LogP contribution in [0.5, 0.6) is 5.75 Å². The van der Waals surface area contributed by atoms with Crippen molar-refractivity contribution in [3.63, 3.8) is 0 Å². The number of hydrogen-bond donors (Lipinski definition) is 1. The molecule has 2 aromatic rings. The smallest absolute Gasteiger partial charge is 0.244 e. The molecule has 1 N–H and O–H groups in total. The average Bonchev–Trinajstić information content (AvgIpc) is 3.06. The van der Waals surface area contributed by atoms with Crippen molar-refractivity contribution in [2.75, 3.05) is 0 Å². The minimum absolute atomic E-state index is 0.0402. The third-order valence-corrected chi connectivity index (χ3v) is 5.53. The maximum atomic E-state index is 12.7. The lowest BCUT2D eigenvalue weighted by molar-refractivity contribution is 0.135. The summed E-state index contributed by atoms with van der Waals surface area (Å²) in [5, 5.41) is 4.00. The molecule has 0 aliphatic carbocycles. The standard InChI is InChI=1S/C18H24N2O4S/c1-17(2,3)15-9-13(24-20-15)11-19-25(21,22)14-8-6-7-12-10-18(4,5)23-16(12)14/h6-9,19H,10-11H2,1-5H3. The highest BCUT2D eigenvalue weighted by molar-refractivity contribution is 7.89. The zero-order valence-corrected chi connectivity index (χ0v) is 16.0. The summed E-state index contributed by atoms with van der Waals surface area (Å²) in [4.78, 5) is 0.158. The van der Waals surface area contributed by atoms with Gasteiger partial charge in [0.15, 0.2) is 5.76 Å². The molecule has 0 saturated heterocycles. The van der Waals surface area contributed by atoms with E-state index in [0.29, 0.717) is 17.9 Å². The van der Waals surface area contributed by atoms with E-state index in [1.165, 1.54) is 0 Å². The average molecular weight is 364 g/mol. The Bertz CT molecular complexity index is 892. The van der Waals surface area contributed by atoms with E-state index in [1.807, 2.05) is 40.7 Å². The molecule has 0 spiro atoms. The van der Waals surface area contributed by atoms with Gasteiger partial charge in [-0.05, 0) is 25.5 Å². The summed E-state index contributed by atoms with van der Waals surface area (Å²) in [6.45, 7) is 9.98. The number of hydrogen-bond acceptors (Lipinski definition) is 5. The van der Waals surface area contributed by atoms with Crippen molar-refractivity contribution in [1.82, 2.24) is 9.88 Å². The van der Waals surface area contributed by atoms with Crippen LogP contribution in [0.15, 0.2) is 33.7 Å². The second-order valence-electron chi connectivity index (χ2n) is 8.04. The summed E-state index contributed by atoms with van der Waals surface area (Å²) >= 11 is 0. The molecule has 136 valence electrons. The predicted molar refractivity (Wildman–Crippen MR) is 94.1 cm³/mol. The number of fused-ring (bicyclic) bond motifs is 1. The zero-order valence-electron chi connectivity index (χ0n) is 15.2. The minimum Gasteiger partial charge on any atom is -0.486 e. The molecule has 1 aliphatic rings. The van der Waals surface area contributed by atoms with E-state index >= 15 is 0 Å². The van der Waals surface area contributed by atoms with E-state index in [1.54, 1.807) is 18.2 Å². The van der Waals surface area contributed by atoms with Gasteiger partial charge in [-0.1, -0.05) is 38.1 Å². The zero-order chi connectivity index (χ0) is 18.5. The lowest BCUT2D eigenvalue weighted by Crippen LogP contribution is -2.26. The van der Waals surface area contributed by atoms with Crippen LogP contribution in [0, 0.1) is 0 Å². The molecule has 2 heterocycles. The number of sulfonamides is 1. The summed E-state index contributed by atoms with van der Waals surface area (Å²) < 4.78 is 39.1. The molecular formula is C18H24N2O4S.